The lowest BCUT2D eigenvalue weighted by Crippen LogP contribution is -2.34. The monoisotopic (exact) mass is 682 g/mol. The minimum atomic E-state index is -0.548. The zero-order valence-corrected chi connectivity index (χ0v) is 27.1. The van der Waals surface area contributed by atoms with Crippen LogP contribution in [0.1, 0.15) is 48.7 Å². The summed E-state index contributed by atoms with van der Waals surface area (Å²) in [6.07, 6.45) is 5.41. The van der Waals surface area contributed by atoms with Crippen LogP contribution >= 0.6 is 46.4 Å². The second-order valence-corrected chi connectivity index (χ2v) is 12.5. The maximum Gasteiger partial charge on any atom is 0.141 e. The van der Waals surface area contributed by atoms with E-state index >= 15 is 0 Å². The highest BCUT2D eigenvalue weighted by atomic mass is 35.5. The summed E-state index contributed by atoms with van der Waals surface area (Å²) in [6, 6.07) is 15.0. The van der Waals surface area contributed by atoms with E-state index in [4.69, 9.17) is 46.4 Å². The van der Waals surface area contributed by atoms with Gasteiger partial charge in [0.1, 0.15) is 17.6 Å². The van der Waals surface area contributed by atoms with E-state index in [0.717, 1.165) is 38.0 Å². The van der Waals surface area contributed by atoms with Gasteiger partial charge in [0, 0.05) is 35.4 Å². The number of hydrogen-bond acceptors (Lipinski definition) is 7. The predicted molar refractivity (Wildman–Crippen MR) is 178 cm³/mol. The van der Waals surface area contributed by atoms with Gasteiger partial charge in [0.2, 0.25) is 0 Å². The number of nitrogens with one attached hydrogen (secondary N) is 2. The van der Waals surface area contributed by atoms with E-state index in [2.05, 4.69) is 43.8 Å². The fraction of sp³-hybridized carbons (Fsp3) is 0.250. The number of pyridine rings is 1. The van der Waals surface area contributed by atoms with E-state index in [1.165, 1.54) is 24.4 Å². The molecule has 0 saturated carbocycles. The Morgan fingerprint density at radius 2 is 1.82 bits per heavy atom. The van der Waals surface area contributed by atoms with Crippen LogP contribution < -0.4 is 10.6 Å². The Labute approximate surface area is 279 Å². The van der Waals surface area contributed by atoms with Crippen LogP contribution in [0.3, 0.4) is 0 Å². The number of fused-ring (bicyclic) bond motifs is 1. The van der Waals surface area contributed by atoms with E-state index < -0.39 is 11.9 Å². The van der Waals surface area contributed by atoms with Crippen molar-refractivity contribution in [3.8, 4) is 6.07 Å². The average Bonchev–Trinajstić information content (AvgIpc) is 3.53. The number of benzene rings is 3. The highest BCUT2D eigenvalue weighted by molar-refractivity contribution is 6.42. The summed E-state index contributed by atoms with van der Waals surface area (Å²) in [5.74, 6) is -0.548. The van der Waals surface area contributed by atoms with Gasteiger partial charge in [-0.3, -0.25) is 4.98 Å². The largest absolute Gasteiger partial charge is 0.371 e. The number of aromatic nitrogens is 4. The molecular formula is C32H27Cl4FN8. The highest BCUT2D eigenvalue weighted by Crippen LogP contribution is 2.38. The van der Waals surface area contributed by atoms with Crippen LogP contribution in [0.15, 0.2) is 60.9 Å². The Morgan fingerprint density at radius 3 is 2.53 bits per heavy atom. The molecule has 230 valence electrons. The second-order valence-electron chi connectivity index (χ2n) is 10.8. The Hall–Kier alpha value is -3.65. The molecule has 3 heterocycles. The Balaban J connectivity index is 1.42. The van der Waals surface area contributed by atoms with E-state index in [-0.39, 0.29) is 16.6 Å². The molecule has 0 amide bonds. The van der Waals surface area contributed by atoms with Gasteiger partial charge in [-0.05, 0) is 67.4 Å². The lowest BCUT2D eigenvalue weighted by Gasteiger charge is -2.30. The van der Waals surface area contributed by atoms with Gasteiger partial charge in [-0.25, -0.2) is 9.07 Å². The maximum absolute atomic E-state index is 13.9. The summed E-state index contributed by atoms with van der Waals surface area (Å²) in [6.45, 7) is 5.23. The van der Waals surface area contributed by atoms with Crippen molar-refractivity contribution >= 4 is 74.4 Å². The van der Waals surface area contributed by atoms with E-state index in [1.807, 2.05) is 16.9 Å². The molecule has 1 saturated heterocycles. The number of piperidine rings is 1. The minimum Gasteiger partial charge on any atom is -0.371 e. The Bertz CT molecular complexity index is 1920. The van der Waals surface area contributed by atoms with Crippen molar-refractivity contribution in [2.75, 3.05) is 30.3 Å². The molecule has 0 bridgehead atoms. The van der Waals surface area contributed by atoms with Crippen LogP contribution in [0.2, 0.25) is 20.1 Å². The van der Waals surface area contributed by atoms with Gasteiger partial charge in [0.25, 0.3) is 0 Å². The van der Waals surface area contributed by atoms with Crippen LogP contribution in [0, 0.1) is 17.1 Å². The van der Waals surface area contributed by atoms with Crippen LogP contribution in [0.25, 0.3) is 10.9 Å². The first-order chi connectivity index (χ1) is 21.7. The third-order valence-corrected chi connectivity index (χ3v) is 9.27. The molecule has 1 aliphatic rings. The number of hydrogen-bond donors (Lipinski definition) is 2. The SMILES string of the molecule is CCN1CCC(n2cc(C(Nc3cc(Cl)cc4c(Nc5ccc(F)c(Cl)c5)c(C#N)cnc34)c3ccc(Cl)c(Cl)c3)nn2)CC1. The topological polar surface area (TPSA) is 94.7 Å². The van der Waals surface area contributed by atoms with Gasteiger partial charge in [-0.2, -0.15) is 5.26 Å². The number of anilines is 3. The molecule has 13 heteroatoms. The Morgan fingerprint density at radius 1 is 1.02 bits per heavy atom. The molecule has 1 unspecified atom stereocenters. The van der Waals surface area contributed by atoms with Gasteiger partial charge in [-0.1, -0.05) is 64.6 Å². The molecule has 0 spiro atoms. The summed E-state index contributed by atoms with van der Waals surface area (Å²) in [5, 5.41) is 27.5. The quantitative estimate of drug-likeness (QED) is 0.169. The van der Waals surface area contributed by atoms with Crippen molar-refractivity contribution in [1.82, 2.24) is 24.9 Å². The number of nitriles is 1. The fourth-order valence-corrected chi connectivity index (χ4v) is 6.30. The number of halogens is 5. The van der Waals surface area contributed by atoms with Gasteiger partial charge >= 0.3 is 0 Å². The molecule has 45 heavy (non-hydrogen) atoms. The predicted octanol–water partition coefficient (Wildman–Crippen LogP) is 9.05. The summed E-state index contributed by atoms with van der Waals surface area (Å²) in [5.41, 5.74) is 3.82. The lowest BCUT2D eigenvalue weighted by atomic mass is 10.0. The van der Waals surface area contributed by atoms with Crippen LogP contribution in [-0.2, 0) is 0 Å². The van der Waals surface area contributed by atoms with Crippen molar-refractivity contribution in [3.63, 3.8) is 0 Å². The second kappa shape index (κ2) is 13.4. The summed E-state index contributed by atoms with van der Waals surface area (Å²) < 4.78 is 15.8. The normalized spacial score (nSPS) is 14.8. The summed E-state index contributed by atoms with van der Waals surface area (Å²) in [4.78, 5) is 7.06. The first kappa shape index (κ1) is 31.3. The highest BCUT2D eigenvalue weighted by Gasteiger charge is 2.25. The van der Waals surface area contributed by atoms with E-state index in [9.17, 15) is 9.65 Å². The van der Waals surface area contributed by atoms with E-state index in [0.29, 0.717) is 48.7 Å². The average molecular weight is 684 g/mol. The van der Waals surface area contributed by atoms with Crippen LogP contribution in [0.5, 0.6) is 0 Å². The molecule has 2 aromatic heterocycles. The molecule has 0 aliphatic carbocycles. The fourth-order valence-electron chi connectivity index (χ4n) is 5.59. The lowest BCUT2D eigenvalue weighted by molar-refractivity contribution is 0.186. The van der Waals surface area contributed by atoms with Crippen molar-refractivity contribution in [3.05, 3.63) is 104 Å². The van der Waals surface area contributed by atoms with Crippen molar-refractivity contribution in [2.24, 2.45) is 0 Å². The van der Waals surface area contributed by atoms with Gasteiger partial charge in [0.05, 0.1) is 55.8 Å². The molecule has 1 fully saturated rings. The maximum atomic E-state index is 13.9. The molecule has 8 nitrogen and oxygen atoms in total. The molecule has 6 rings (SSSR count). The molecule has 3 aromatic carbocycles. The molecular weight excluding hydrogens is 657 g/mol. The van der Waals surface area contributed by atoms with Crippen molar-refractivity contribution in [2.45, 2.75) is 31.8 Å². The zero-order valence-electron chi connectivity index (χ0n) is 24.0. The molecule has 1 atom stereocenters. The number of nitrogens with zero attached hydrogens (tertiary/aromatic N) is 6. The first-order valence-corrected chi connectivity index (χ1v) is 15.8. The molecule has 0 radical (unpaired) electrons. The zero-order chi connectivity index (χ0) is 31.7. The van der Waals surface area contributed by atoms with Gasteiger partial charge in [0.15, 0.2) is 0 Å². The number of rotatable bonds is 8. The number of likely N-dealkylation sites (tertiary alicyclic amines) is 1. The summed E-state index contributed by atoms with van der Waals surface area (Å²) in [7, 11) is 0. The van der Waals surface area contributed by atoms with Gasteiger partial charge < -0.3 is 15.5 Å². The molecule has 5 aromatic rings. The van der Waals surface area contributed by atoms with Crippen LogP contribution in [0.4, 0.5) is 21.5 Å². The molecule has 2 N–H and O–H groups in total. The third kappa shape index (κ3) is 6.67. The van der Waals surface area contributed by atoms with Crippen LogP contribution in [-0.4, -0.2) is 44.5 Å². The van der Waals surface area contributed by atoms with Gasteiger partial charge in [-0.15, -0.1) is 5.10 Å². The third-order valence-electron chi connectivity index (χ3n) is 8.02. The van der Waals surface area contributed by atoms with Crippen molar-refractivity contribution in [1.29, 1.82) is 5.26 Å². The minimum absolute atomic E-state index is 0.0503. The standard InChI is InChI=1S/C32H27Cl4FN8/c1-2-44-9-7-22(8-10-44)45-17-29(42-43-45)31(18-3-5-24(34)25(35)11-18)41-28-13-20(33)12-23-30(19(15-38)16-39-32(23)28)40-21-4-6-27(37)26(36)14-21/h3-6,11-14,16-17,22,31,41H,2,7-10H2,1H3,(H,39,40). The smallest absolute Gasteiger partial charge is 0.141 e. The Kier molecular flexibility index (Phi) is 9.31. The first-order valence-electron chi connectivity index (χ1n) is 14.3. The summed E-state index contributed by atoms with van der Waals surface area (Å²) >= 11 is 25.4. The van der Waals surface area contributed by atoms with Crippen molar-refractivity contribution < 1.29 is 4.39 Å². The molecule has 1 aliphatic heterocycles. The van der Waals surface area contributed by atoms with E-state index in [1.54, 1.807) is 24.3 Å².